The van der Waals surface area contributed by atoms with Crippen molar-refractivity contribution in [2.75, 3.05) is 32.0 Å². The number of carbonyl (C=O) groups is 3. The molecule has 8 nitrogen and oxygen atoms in total. The second kappa shape index (κ2) is 10.1. The zero-order valence-corrected chi connectivity index (χ0v) is 20.1. The van der Waals surface area contributed by atoms with Crippen molar-refractivity contribution in [2.24, 2.45) is 4.99 Å². The molecular weight excluding hydrogens is 446 g/mol. The van der Waals surface area contributed by atoms with E-state index in [2.05, 4.69) is 21.9 Å². The molecule has 0 saturated carbocycles. The fourth-order valence-electron chi connectivity index (χ4n) is 3.36. The van der Waals surface area contributed by atoms with Crippen LogP contribution in [0.25, 0.3) is 0 Å². The number of aliphatic imine (C=N–C) groups is 1. The van der Waals surface area contributed by atoms with Crippen LogP contribution in [0.2, 0.25) is 0 Å². The molecule has 0 atom stereocenters. The first-order chi connectivity index (χ1) is 15.2. The van der Waals surface area contributed by atoms with E-state index in [9.17, 15) is 14.4 Å². The highest BCUT2D eigenvalue weighted by Gasteiger charge is 2.29. The number of aryl methyl sites for hydroxylation is 2. The van der Waals surface area contributed by atoms with E-state index in [-0.39, 0.29) is 24.3 Å². The predicted octanol–water partition coefficient (Wildman–Crippen LogP) is 3.37. The number of amidine groups is 1. The van der Waals surface area contributed by atoms with Crippen molar-refractivity contribution in [3.8, 4) is 0 Å². The summed E-state index contributed by atoms with van der Waals surface area (Å²) in [5.74, 6) is 0.0646. The average Bonchev–Trinajstić information content (AvgIpc) is 3.20. The van der Waals surface area contributed by atoms with E-state index >= 15 is 0 Å². The van der Waals surface area contributed by atoms with Crippen LogP contribution in [0.4, 0.5) is 5.13 Å². The lowest BCUT2D eigenvalue weighted by Crippen LogP contribution is -2.54. The van der Waals surface area contributed by atoms with Gasteiger partial charge in [0.05, 0.1) is 17.0 Å². The lowest BCUT2D eigenvalue weighted by molar-refractivity contribution is -0.123. The Hall–Kier alpha value is -2.98. The van der Waals surface area contributed by atoms with Gasteiger partial charge >= 0.3 is 0 Å². The van der Waals surface area contributed by atoms with Crippen LogP contribution in [0.5, 0.6) is 0 Å². The fraction of sp³-hybridized carbons (Fsp3) is 0.318. The molecule has 1 aromatic carbocycles. The molecule has 2 heterocycles. The maximum Gasteiger partial charge on any atom is 0.254 e. The fourth-order valence-corrected chi connectivity index (χ4v) is 5.35. The van der Waals surface area contributed by atoms with Gasteiger partial charge in [0.1, 0.15) is 5.84 Å². The van der Waals surface area contributed by atoms with E-state index < -0.39 is 0 Å². The Labute approximate surface area is 195 Å². The normalized spacial score (nSPS) is 15.1. The highest BCUT2D eigenvalue weighted by atomic mass is 32.2. The first-order valence-electron chi connectivity index (χ1n) is 9.94. The van der Waals surface area contributed by atoms with Crippen molar-refractivity contribution in [3.63, 3.8) is 0 Å². The molecule has 0 aliphatic carbocycles. The maximum atomic E-state index is 13.4. The third-order valence-corrected chi connectivity index (χ3v) is 7.13. The minimum absolute atomic E-state index is 0.0977. The highest BCUT2D eigenvalue weighted by molar-refractivity contribution is 8.01. The highest BCUT2D eigenvalue weighted by Crippen LogP contribution is 2.37. The quantitative estimate of drug-likeness (QED) is 0.675. The van der Waals surface area contributed by atoms with E-state index in [0.717, 1.165) is 20.2 Å². The first-order valence-corrected chi connectivity index (χ1v) is 11.6. The average molecular weight is 472 g/mol. The van der Waals surface area contributed by atoms with E-state index in [1.165, 1.54) is 36.1 Å². The van der Waals surface area contributed by atoms with E-state index in [1.807, 2.05) is 26.0 Å². The Kier molecular flexibility index (Phi) is 7.47. The van der Waals surface area contributed by atoms with E-state index in [0.29, 0.717) is 29.6 Å². The van der Waals surface area contributed by atoms with Crippen molar-refractivity contribution in [1.29, 1.82) is 0 Å². The minimum atomic E-state index is -0.217. The summed E-state index contributed by atoms with van der Waals surface area (Å²) in [7, 11) is 1.61. The van der Waals surface area contributed by atoms with Crippen LogP contribution in [-0.2, 0) is 9.59 Å². The van der Waals surface area contributed by atoms with Crippen molar-refractivity contribution in [2.45, 2.75) is 29.9 Å². The number of rotatable bonds is 5. The van der Waals surface area contributed by atoms with Gasteiger partial charge in [-0.3, -0.25) is 24.3 Å². The number of hydrogen-bond donors (Lipinski definition) is 1. The lowest BCUT2D eigenvalue weighted by atomic mass is 10.0. The van der Waals surface area contributed by atoms with Gasteiger partial charge in [0, 0.05) is 37.5 Å². The number of nitrogens with zero attached hydrogens (tertiary/aromatic N) is 4. The molecule has 1 saturated heterocycles. The zero-order chi connectivity index (χ0) is 23.4. The van der Waals surface area contributed by atoms with Crippen LogP contribution in [0.3, 0.4) is 0 Å². The second-order valence-corrected chi connectivity index (χ2v) is 9.63. The summed E-state index contributed by atoms with van der Waals surface area (Å²) in [6, 6.07) is 3.90. The molecule has 1 aromatic heterocycles. The van der Waals surface area contributed by atoms with E-state index in [4.69, 9.17) is 0 Å². The number of nitrogens with one attached hydrogen (secondary N) is 1. The molecule has 2 aromatic rings. The number of benzene rings is 1. The molecule has 168 valence electrons. The molecule has 0 radical (unpaired) electrons. The molecule has 3 amide bonds. The van der Waals surface area contributed by atoms with Gasteiger partial charge in [0.25, 0.3) is 11.8 Å². The SMILES string of the molecule is C=CC(=O)N1CCN(C(=O)c2cc(Sc3cnc(NC(C)=O)s3)c(C)cc2C)CC1=NC. The predicted molar refractivity (Wildman–Crippen MR) is 128 cm³/mol. The molecule has 0 unspecified atom stereocenters. The summed E-state index contributed by atoms with van der Waals surface area (Å²) < 4.78 is 0.913. The molecule has 0 bridgehead atoms. The Morgan fingerprint density at radius 2 is 2.00 bits per heavy atom. The van der Waals surface area contributed by atoms with Gasteiger partial charge in [-0.15, -0.1) is 0 Å². The number of thiazole rings is 1. The van der Waals surface area contributed by atoms with Crippen LogP contribution >= 0.6 is 23.1 Å². The number of aromatic nitrogens is 1. The summed E-state index contributed by atoms with van der Waals surface area (Å²) >= 11 is 2.89. The molecule has 1 aliphatic rings. The van der Waals surface area contributed by atoms with Crippen LogP contribution in [0.15, 0.2) is 45.1 Å². The Balaban J connectivity index is 1.81. The molecule has 1 N–H and O–H groups in total. The van der Waals surface area contributed by atoms with Crippen molar-refractivity contribution < 1.29 is 14.4 Å². The number of amides is 3. The van der Waals surface area contributed by atoms with Crippen LogP contribution < -0.4 is 5.32 Å². The Morgan fingerprint density at radius 3 is 2.66 bits per heavy atom. The number of carbonyl (C=O) groups excluding carboxylic acids is 3. The second-order valence-electron chi connectivity index (χ2n) is 7.26. The molecule has 1 aliphatic heterocycles. The standard InChI is InChI=1S/C22H25N5O3S2/c1-6-19(29)27-8-7-26(12-18(27)23-5)21(30)16-10-17(14(3)9-13(16)2)31-20-11-24-22(32-20)25-15(4)28/h6,9-11H,1,7-8,12H2,2-5H3,(H,24,25,28). The first kappa shape index (κ1) is 23.7. The van der Waals surface area contributed by atoms with Gasteiger partial charge in [-0.05, 0) is 37.1 Å². The smallest absolute Gasteiger partial charge is 0.254 e. The number of hydrogen-bond acceptors (Lipinski definition) is 7. The Bertz CT molecular complexity index is 1110. The van der Waals surface area contributed by atoms with Crippen molar-refractivity contribution >= 4 is 51.8 Å². The van der Waals surface area contributed by atoms with Gasteiger partial charge in [0.2, 0.25) is 5.91 Å². The summed E-state index contributed by atoms with van der Waals surface area (Å²) in [6.45, 7) is 9.95. The third-order valence-electron chi connectivity index (χ3n) is 4.95. The number of anilines is 1. The number of piperazine rings is 1. The van der Waals surface area contributed by atoms with Gasteiger partial charge in [-0.25, -0.2) is 4.98 Å². The van der Waals surface area contributed by atoms with Crippen LogP contribution in [0.1, 0.15) is 28.4 Å². The molecule has 32 heavy (non-hydrogen) atoms. The molecule has 0 spiro atoms. The monoisotopic (exact) mass is 471 g/mol. The van der Waals surface area contributed by atoms with Crippen LogP contribution in [0, 0.1) is 13.8 Å². The summed E-state index contributed by atoms with van der Waals surface area (Å²) in [4.78, 5) is 49.3. The van der Waals surface area contributed by atoms with Crippen molar-refractivity contribution in [3.05, 3.63) is 47.7 Å². The molecular formula is C22H25N5O3S2. The minimum Gasteiger partial charge on any atom is -0.329 e. The largest absolute Gasteiger partial charge is 0.329 e. The molecule has 3 rings (SSSR count). The topological polar surface area (TPSA) is 95.0 Å². The summed E-state index contributed by atoms with van der Waals surface area (Å²) in [6.07, 6.45) is 2.97. The lowest BCUT2D eigenvalue weighted by Gasteiger charge is -2.35. The van der Waals surface area contributed by atoms with Gasteiger partial charge in [0.15, 0.2) is 5.13 Å². The summed E-state index contributed by atoms with van der Waals surface area (Å²) in [5.41, 5.74) is 2.55. The van der Waals surface area contributed by atoms with Crippen LogP contribution in [-0.4, -0.2) is 65.0 Å². The van der Waals surface area contributed by atoms with Crippen molar-refractivity contribution in [1.82, 2.24) is 14.8 Å². The molecule has 1 fully saturated rings. The van der Waals surface area contributed by atoms with Gasteiger partial charge < -0.3 is 10.2 Å². The Morgan fingerprint density at radius 1 is 1.25 bits per heavy atom. The molecule has 10 heteroatoms. The van der Waals surface area contributed by atoms with Gasteiger partial charge in [-0.2, -0.15) is 0 Å². The maximum absolute atomic E-state index is 13.4. The van der Waals surface area contributed by atoms with E-state index in [1.54, 1.807) is 23.0 Å². The van der Waals surface area contributed by atoms with Gasteiger partial charge in [-0.1, -0.05) is 35.7 Å². The zero-order valence-electron chi connectivity index (χ0n) is 18.5. The summed E-state index contributed by atoms with van der Waals surface area (Å²) in [5, 5.41) is 3.22. The third kappa shape index (κ3) is 5.25.